The van der Waals surface area contributed by atoms with Crippen LogP contribution in [-0.4, -0.2) is 25.9 Å². The number of anilines is 1. The first-order valence-corrected chi connectivity index (χ1v) is 7.88. The molecule has 3 aromatic rings. The molecule has 0 unspecified atom stereocenters. The standard InChI is InChI=1S/C16H16BrN5O/c1-9-15(10(2)22(3)21-9)13-8-14(20-19-13)16(23)18-12-6-4-5-11(17)7-12/h4-8H,1-3H3,(H,18,23)(H,19,20). The minimum absolute atomic E-state index is 0.235. The predicted octanol–water partition coefficient (Wildman–Crippen LogP) is 3.44. The van der Waals surface area contributed by atoms with Gasteiger partial charge in [0.05, 0.1) is 11.4 Å². The van der Waals surface area contributed by atoms with E-state index < -0.39 is 0 Å². The Morgan fingerprint density at radius 3 is 2.74 bits per heavy atom. The Bertz CT molecular complexity index is 880. The van der Waals surface area contributed by atoms with Crippen molar-refractivity contribution in [3.63, 3.8) is 0 Å². The Morgan fingerprint density at radius 1 is 1.30 bits per heavy atom. The highest BCUT2D eigenvalue weighted by molar-refractivity contribution is 9.10. The van der Waals surface area contributed by atoms with Gasteiger partial charge in [0.2, 0.25) is 0 Å². The number of hydrogen-bond donors (Lipinski definition) is 2. The number of amides is 1. The fraction of sp³-hybridized carbons (Fsp3) is 0.188. The van der Waals surface area contributed by atoms with Gasteiger partial charge < -0.3 is 5.32 Å². The number of carbonyl (C=O) groups is 1. The number of aryl methyl sites for hydroxylation is 2. The third-order valence-corrected chi connectivity index (χ3v) is 4.16. The highest BCUT2D eigenvalue weighted by Gasteiger charge is 2.17. The fourth-order valence-electron chi connectivity index (χ4n) is 2.48. The van der Waals surface area contributed by atoms with Gasteiger partial charge in [-0.15, -0.1) is 0 Å². The Morgan fingerprint density at radius 2 is 2.09 bits per heavy atom. The fourth-order valence-corrected chi connectivity index (χ4v) is 2.87. The number of hydrogen-bond acceptors (Lipinski definition) is 3. The van der Waals surface area contributed by atoms with E-state index in [1.807, 2.05) is 45.2 Å². The van der Waals surface area contributed by atoms with Gasteiger partial charge >= 0.3 is 0 Å². The molecule has 23 heavy (non-hydrogen) atoms. The summed E-state index contributed by atoms with van der Waals surface area (Å²) >= 11 is 3.38. The van der Waals surface area contributed by atoms with Crippen molar-refractivity contribution in [3.05, 3.63) is 51.9 Å². The molecule has 7 heteroatoms. The summed E-state index contributed by atoms with van der Waals surface area (Å²) in [6.07, 6.45) is 0. The molecule has 0 saturated heterocycles. The van der Waals surface area contributed by atoms with Crippen LogP contribution in [0.15, 0.2) is 34.8 Å². The number of rotatable bonds is 3. The molecule has 1 amide bonds. The van der Waals surface area contributed by atoms with E-state index in [1.54, 1.807) is 10.7 Å². The van der Waals surface area contributed by atoms with Gasteiger partial charge in [-0.25, -0.2) is 0 Å². The van der Waals surface area contributed by atoms with Crippen LogP contribution >= 0.6 is 15.9 Å². The van der Waals surface area contributed by atoms with E-state index in [9.17, 15) is 4.79 Å². The summed E-state index contributed by atoms with van der Waals surface area (Å²) in [6, 6.07) is 9.17. The molecule has 1 aromatic carbocycles. The first-order valence-electron chi connectivity index (χ1n) is 7.08. The van der Waals surface area contributed by atoms with Crippen molar-refractivity contribution in [3.8, 4) is 11.3 Å². The van der Waals surface area contributed by atoms with Crippen molar-refractivity contribution in [2.75, 3.05) is 5.32 Å². The first kappa shape index (κ1) is 15.5. The second-order valence-corrected chi connectivity index (χ2v) is 6.22. The molecule has 0 aliphatic carbocycles. The van der Waals surface area contributed by atoms with E-state index in [-0.39, 0.29) is 5.91 Å². The van der Waals surface area contributed by atoms with E-state index in [2.05, 4.69) is 36.5 Å². The van der Waals surface area contributed by atoms with Gasteiger partial charge in [0.25, 0.3) is 5.91 Å². The smallest absolute Gasteiger partial charge is 0.273 e. The molecule has 0 aliphatic heterocycles. The minimum atomic E-state index is -0.235. The highest BCUT2D eigenvalue weighted by atomic mass is 79.9. The molecule has 6 nitrogen and oxygen atoms in total. The number of H-pyrrole nitrogens is 1. The van der Waals surface area contributed by atoms with Gasteiger partial charge in [0, 0.05) is 28.5 Å². The summed E-state index contributed by atoms with van der Waals surface area (Å²) in [6.45, 7) is 3.91. The monoisotopic (exact) mass is 373 g/mol. The van der Waals surface area contributed by atoms with Crippen LogP contribution in [0.1, 0.15) is 21.9 Å². The number of nitrogens with one attached hydrogen (secondary N) is 2. The van der Waals surface area contributed by atoms with E-state index in [4.69, 9.17) is 0 Å². The zero-order chi connectivity index (χ0) is 16.6. The zero-order valence-corrected chi connectivity index (χ0v) is 14.6. The van der Waals surface area contributed by atoms with Crippen LogP contribution in [0.25, 0.3) is 11.3 Å². The van der Waals surface area contributed by atoms with Crippen molar-refractivity contribution in [1.82, 2.24) is 20.0 Å². The molecular formula is C16H16BrN5O. The molecule has 0 bridgehead atoms. The Hall–Kier alpha value is -2.41. The minimum Gasteiger partial charge on any atom is -0.321 e. The van der Waals surface area contributed by atoms with Gasteiger partial charge in [-0.3, -0.25) is 14.6 Å². The Labute approximate surface area is 142 Å². The lowest BCUT2D eigenvalue weighted by Crippen LogP contribution is -2.12. The van der Waals surface area contributed by atoms with E-state index in [1.165, 1.54) is 0 Å². The van der Waals surface area contributed by atoms with Crippen LogP contribution in [0, 0.1) is 13.8 Å². The van der Waals surface area contributed by atoms with Crippen LogP contribution in [0.4, 0.5) is 5.69 Å². The van der Waals surface area contributed by atoms with Crippen molar-refractivity contribution in [1.29, 1.82) is 0 Å². The number of halogens is 1. The van der Waals surface area contributed by atoms with Crippen molar-refractivity contribution >= 4 is 27.5 Å². The van der Waals surface area contributed by atoms with E-state index in [0.717, 1.165) is 21.4 Å². The van der Waals surface area contributed by atoms with Crippen LogP contribution in [0.2, 0.25) is 0 Å². The quantitative estimate of drug-likeness (QED) is 0.738. The van der Waals surface area contributed by atoms with Crippen LogP contribution in [0.5, 0.6) is 0 Å². The molecule has 0 fully saturated rings. The highest BCUT2D eigenvalue weighted by Crippen LogP contribution is 2.25. The summed E-state index contributed by atoms with van der Waals surface area (Å²) < 4.78 is 2.71. The van der Waals surface area contributed by atoms with Gasteiger partial charge in [0.1, 0.15) is 5.69 Å². The maximum Gasteiger partial charge on any atom is 0.273 e. The lowest BCUT2D eigenvalue weighted by Gasteiger charge is -2.03. The number of carbonyl (C=O) groups excluding carboxylic acids is 1. The van der Waals surface area contributed by atoms with Crippen LogP contribution in [-0.2, 0) is 7.05 Å². The number of aromatic nitrogens is 4. The second-order valence-electron chi connectivity index (χ2n) is 5.30. The van der Waals surface area contributed by atoms with Gasteiger partial charge in [0.15, 0.2) is 0 Å². The lowest BCUT2D eigenvalue weighted by atomic mass is 10.1. The number of benzene rings is 1. The number of aromatic amines is 1. The average Bonchev–Trinajstić information content (AvgIpc) is 3.05. The Balaban J connectivity index is 1.85. The molecule has 0 spiro atoms. The topological polar surface area (TPSA) is 75.6 Å². The van der Waals surface area contributed by atoms with E-state index >= 15 is 0 Å². The number of nitrogens with zero attached hydrogens (tertiary/aromatic N) is 3. The van der Waals surface area contributed by atoms with Crippen LogP contribution < -0.4 is 5.32 Å². The average molecular weight is 374 g/mol. The predicted molar refractivity (Wildman–Crippen MR) is 92.4 cm³/mol. The molecule has 3 rings (SSSR count). The Kier molecular flexibility index (Phi) is 4.04. The van der Waals surface area contributed by atoms with Crippen molar-refractivity contribution < 1.29 is 4.79 Å². The van der Waals surface area contributed by atoms with Crippen molar-refractivity contribution in [2.45, 2.75) is 13.8 Å². The maximum absolute atomic E-state index is 12.3. The molecule has 0 atom stereocenters. The van der Waals surface area contributed by atoms with Gasteiger partial charge in [-0.2, -0.15) is 10.2 Å². The summed E-state index contributed by atoms with van der Waals surface area (Å²) in [5.41, 5.74) is 4.68. The van der Waals surface area contributed by atoms with Gasteiger partial charge in [-0.05, 0) is 38.1 Å². The van der Waals surface area contributed by atoms with Crippen LogP contribution in [0.3, 0.4) is 0 Å². The van der Waals surface area contributed by atoms with Crippen molar-refractivity contribution in [2.24, 2.45) is 7.05 Å². The first-order chi connectivity index (χ1) is 11.0. The largest absolute Gasteiger partial charge is 0.321 e. The SMILES string of the molecule is Cc1nn(C)c(C)c1-c1cc(C(=O)Nc2cccc(Br)c2)[nH]n1. The third kappa shape index (κ3) is 3.05. The molecule has 2 heterocycles. The molecule has 0 saturated carbocycles. The zero-order valence-electron chi connectivity index (χ0n) is 13.0. The third-order valence-electron chi connectivity index (χ3n) is 3.67. The molecular weight excluding hydrogens is 358 g/mol. The summed E-state index contributed by atoms with van der Waals surface area (Å²) in [4.78, 5) is 12.3. The normalized spacial score (nSPS) is 10.8. The van der Waals surface area contributed by atoms with Gasteiger partial charge in [-0.1, -0.05) is 22.0 Å². The molecule has 0 aliphatic rings. The summed E-state index contributed by atoms with van der Waals surface area (Å²) in [7, 11) is 1.89. The summed E-state index contributed by atoms with van der Waals surface area (Å²) in [5, 5.41) is 14.3. The summed E-state index contributed by atoms with van der Waals surface area (Å²) in [5.74, 6) is -0.235. The van der Waals surface area contributed by atoms with E-state index in [0.29, 0.717) is 17.1 Å². The molecule has 2 aromatic heterocycles. The lowest BCUT2D eigenvalue weighted by molar-refractivity contribution is 0.102. The maximum atomic E-state index is 12.3. The molecule has 2 N–H and O–H groups in total. The molecule has 0 radical (unpaired) electrons. The molecule has 118 valence electrons. The second kappa shape index (κ2) is 6.00.